The second kappa shape index (κ2) is 12.9. The van der Waals surface area contributed by atoms with Gasteiger partial charge in [0.05, 0.1) is 23.9 Å². The molecule has 206 valence electrons. The molecule has 0 atom stereocenters. The number of nitrogens with one attached hydrogen (secondary N) is 1. The van der Waals surface area contributed by atoms with Crippen molar-refractivity contribution in [3.8, 4) is 11.5 Å². The van der Waals surface area contributed by atoms with E-state index in [9.17, 15) is 13.2 Å². The van der Waals surface area contributed by atoms with Crippen molar-refractivity contribution in [2.45, 2.75) is 25.3 Å². The molecule has 0 saturated heterocycles. The first kappa shape index (κ1) is 28.4. The number of amides is 1. The predicted molar refractivity (Wildman–Crippen MR) is 156 cm³/mol. The Kier molecular flexibility index (Phi) is 9.19. The molecule has 0 heterocycles. The number of benzene rings is 4. The lowest BCUT2D eigenvalue weighted by Crippen LogP contribution is -2.39. The summed E-state index contributed by atoms with van der Waals surface area (Å²) in [5.41, 5.74) is 6.44. The van der Waals surface area contributed by atoms with E-state index in [1.165, 1.54) is 18.3 Å². The van der Waals surface area contributed by atoms with Crippen molar-refractivity contribution in [1.29, 1.82) is 0 Å². The summed E-state index contributed by atoms with van der Waals surface area (Å²) >= 11 is 0. The Hall–Kier alpha value is -4.63. The summed E-state index contributed by atoms with van der Waals surface area (Å²) in [6.45, 7) is 3.77. The van der Waals surface area contributed by atoms with Gasteiger partial charge in [-0.3, -0.25) is 9.10 Å². The van der Waals surface area contributed by atoms with Crippen LogP contribution in [0.25, 0.3) is 0 Å². The fraction of sp³-hybridized carbons (Fsp3) is 0.161. The van der Waals surface area contributed by atoms with E-state index < -0.39 is 22.5 Å². The Bertz CT molecular complexity index is 1590. The average Bonchev–Trinajstić information content (AvgIpc) is 2.97. The number of methoxy groups -OCH3 is 1. The molecule has 0 saturated carbocycles. The van der Waals surface area contributed by atoms with Gasteiger partial charge in [-0.15, -0.1) is 0 Å². The summed E-state index contributed by atoms with van der Waals surface area (Å²) in [5.74, 6) is 0.493. The molecule has 8 nitrogen and oxygen atoms in total. The summed E-state index contributed by atoms with van der Waals surface area (Å²) in [5, 5.41) is 4.03. The van der Waals surface area contributed by atoms with Crippen LogP contribution in [-0.2, 0) is 21.4 Å². The third kappa shape index (κ3) is 7.06. The number of sulfonamides is 1. The van der Waals surface area contributed by atoms with Gasteiger partial charge in [-0.05, 0) is 78.6 Å². The zero-order valence-electron chi connectivity index (χ0n) is 22.6. The molecule has 9 heteroatoms. The van der Waals surface area contributed by atoms with Gasteiger partial charge in [-0.2, -0.15) is 5.10 Å². The number of aryl methyl sites for hydroxylation is 2. The van der Waals surface area contributed by atoms with Gasteiger partial charge in [0.15, 0.2) is 11.5 Å². The van der Waals surface area contributed by atoms with E-state index in [1.54, 1.807) is 55.6 Å². The number of hydrazone groups is 1. The molecule has 4 rings (SSSR count). The first-order chi connectivity index (χ1) is 19.3. The third-order valence-corrected chi connectivity index (χ3v) is 8.01. The van der Waals surface area contributed by atoms with Crippen LogP contribution < -0.4 is 19.2 Å². The second-order valence-corrected chi connectivity index (χ2v) is 10.9. The van der Waals surface area contributed by atoms with Crippen molar-refractivity contribution in [3.05, 3.63) is 119 Å². The number of nitrogens with zero attached hydrogens (tertiary/aromatic N) is 2. The Labute approximate surface area is 234 Å². The smallest absolute Gasteiger partial charge is 0.264 e. The van der Waals surface area contributed by atoms with E-state index in [-0.39, 0.29) is 4.90 Å². The number of carbonyl (C=O) groups excluding carboxylic acids is 1. The highest BCUT2D eigenvalue weighted by Gasteiger charge is 2.27. The molecular weight excluding hydrogens is 526 g/mol. The summed E-state index contributed by atoms with van der Waals surface area (Å²) in [6, 6.07) is 28.3. The zero-order chi connectivity index (χ0) is 28.5. The number of anilines is 1. The molecule has 0 aliphatic rings. The highest BCUT2D eigenvalue weighted by molar-refractivity contribution is 7.92. The number of rotatable bonds is 11. The average molecular weight is 558 g/mol. The fourth-order valence-electron chi connectivity index (χ4n) is 3.88. The third-order valence-electron chi connectivity index (χ3n) is 6.22. The van der Waals surface area contributed by atoms with Crippen molar-refractivity contribution in [2.75, 3.05) is 18.0 Å². The highest BCUT2D eigenvalue weighted by atomic mass is 32.2. The van der Waals surface area contributed by atoms with E-state index in [1.807, 2.05) is 50.2 Å². The minimum absolute atomic E-state index is 0.0891. The van der Waals surface area contributed by atoms with Crippen LogP contribution in [0, 0.1) is 13.8 Å². The summed E-state index contributed by atoms with van der Waals surface area (Å²) in [6.07, 6.45) is 1.45. The SMILES string of the molecule is COc1cc(/C=N\NC(=O)CN(c2ccc(C)c(C)c2)S(=O)(=O)c2ccccc2)ccc1OCc1ccccc1. The van der Waals surface area contributed by atoms with Crippen LogP contribution in [0.2, 0.25) is 0 Å². The lowest BCUT2D eigenvalue weighted by Gasteiger charge is -2.24. The van der Waals surface area contributed by atoms with Gasteiger partial charge >= 0.3 is 0 Å². The van der Waals surface area contributed by atoms with Gasteiger partial charge in [0.1, 0.15) is 13.2 Å². The van der Waals surface area contributed by atoms with Crippen molar-refractivity contribution < 1.29 is 22.7 Å². The van der Waals surface area contributed by atoms with Crippen LogP contribution >= 0.6 is 0 Å². The van der Waals surface area contributed by atoms with E-state index in [0.29, 0.717) is 29.4 Å². The van der Waals surface area contributed by atoms with E-state index in [4.69, 9.17) is 9.47 Å². The molecule has 0 bridgehead atoms. The lowest BCUT2D eigenvalue weighted by molar-refractivity contribution is -0.119. The largest absolute Gasteiger partial charge is 0.493 e. The molecule has 1 N–H and O–H groups in total. The molecule has 0 aliphatic carbocycles. The normalized spacial score (nSPS) is 11.3. The van der Waals surface area contributed by atoms with Gasteiger partial charge < -0.3 is 9.47 Å². The van der Waals surface area contributed by atoms with Crippen LogP contribution in [0.1, 0.15) is 22.3 Å². The first-order valence-electron chi connectivity index (χ1n) is 12.6. The molecule has 0 spiro atoms. The topological polar surface area (TPSA) is 97.3 Å². The van der Waals surface area contributed by atoms with Crippen LogP contribution in [0.15, 0.2) is 107 Å². The van der Waals surface area contributed by atoms with Gasteiger partial charge in [0, 0.05) is 0 Å². The van der Waals surface area contributed by atoms with E-state index >= 15 is 0 Å². The molecule has 0 aliphatic heterocycles. The summed E-state index contributed by atoms with van der Waals surface area (Å²) in [7, 11) is -2.46. The van der Waals surface area contributed by atoms with Gasteiger partial charge in [-0.25, -0.2) is 13.8 Å². The van der Waals surface area contributed by atoms with Crippen LogP contribution in [0.5, 0.6) is 11.5 Å². The molecule has 40 heavy (non-hydrogen) atoms. The van der Waals surface area contributed by atoms with E-state index in [2.05, 4.69) is 10.5 Å². The lowest BCUT2D eigenvalue weighted by atomic mass is 10.1. The molecule has 0 radical (unpaired) electrons. The fourth-order valence-corrected chi connectivity index (χ4v) is 5.31. The molecule has 0 unspecified atom stereocenters. The Balaban J connectivity index is 1.47. The standard InChI is InChI=1S/C31H31N3O5S/c1-23-14-16-27(18-24(23)2)34(40(36,37)28-12-8-5-9-13-28)21-31(35)33-32-20-26-15-17-29(30(19-26)38-3)39-22-25-10-6-4-7-11-25/h4-20H,21-22H2,1-3H3,(H,33,35)/b32-20-. The number of hydrogen-bond acceptors (Lipinski definition) is 6. The summed E-state index contributed by atoms with van der Waals surface area (Å²) < 4.78 is 39.4. The summed E-state index contributed by atoms with van der Waals surface area (Å²) in [4.78, 5) is 13.0. The minimum atomic E-state index is -4.01. The Morgan fingerprint density at radius 1 is 0.875 bits per heavy atom. The van der Waals surface area contributed by atoms with Crippen LogP contribution in [0.3, 0.4) is 0 Å². The van der Waals surface area contributed by atoms with Crippen molar-refractivity contribution in [2.24, 2.45) is 5.10 Å². The maximum atomic E-state index is 13.5. The zero-order valence-corrected chi connectivity index (χ0v) is 23.4. The highest BCUT2D eigenvalue weighted by Crippen LogP contribution is 2.29. The van der Waals surface area contributed by atoms with E-state index in [0.717, 1.165) is 21.0 Å². The van der Waals surface area contributed by atoms with Gasteiger partial charge in [-0.1, -0.05) is 54.6 Å². The van der Waals surface area contributed by atoms with Crippen molar-refractivity contribution in [1.82, 2.24) is 5.43 Å². The van der Waals surface area contributed by atoms with Crippen molar-refractivity contribution in [3.63, 3.8) is 0 Å². The molecule has 4 aromatic rings. The molecular formula is C31H31N3O5S. The molecule has 4 aromatic carbocycles. The number of hydrogen-bond donors (Lipinski definition) is 1. The number of ether oxygens (including phenoxy) is 2. The second-order valence-electron chi connectivity index (χ2n) is 9.07. The molecule has 0 aromatic heterocycles. The maximum Gasteiger partial charge on any atom is 0.264 e. The minimum Gasteiger partial charge on any atom is -0.493 e. The predicted octanol–water partition coefficient (Wildman–Crippen LogP) is 5.24. The molecule has 1 amide bonds. The van der Waals surface area contributed by atoms with Crippen LogP contribution in [0.4, 0.5) is 5.69 Å². The Morgan fingerprint density at radius 2 is 1.57 bits per heavy atom. The maximum absolute atomic E-state index is 13.5. The quantitative estimate of drug-likeness (QED) is 0.201. The number of carbonyl (C=O) groups is 1. The monoisotopic (exact) mass is 557 g/mol. The van der Waals surface area contributed by atoms with Gasteiger partial charge in [0.25, 0.3) is 15.9 Å². The van der Waals surface area contributed by atoms with Crippen molar-refractivity contribution >= 4 is 27.8 Å². The van der Waals surface area contributed by atoms with Crippen LogP contribution in [-0.4, -0.2) is 34.2 Å². The van der Waals surface area contributed by atoms with Gasteiger partial charge in [0.2, 0.25) is 0 Å². The first-order valence-corrected chi connectivity index (χ1v) is 14.0. The molecule has 0 fully saturated rings. The Morgan fingerprint density at radius 3 is 2.25 bits per heavy atom.